The molecule has 0 bridgehead atoms. The number of likely N-dealkylation sites (tertiary alicyclic amines) is 1. The van der Waals surface area contributed by atoms with Gasteiger partial charge in [-0.15, -0.1) is 0 Å². The van der Waals surface area contributed by atoms with E-state index in [1.807, 2.05) is 38.6 Å². The molecule has 0 atom stereocenters. The first-order valence-corrected chi connectivity index (χ1v) is 11.6. The predicted molar refractivity (Wildman–Crippen MR) is 131 cm³/mol. The first kappa shape index (κ1) is 24.2. The number of aromatic nitrogens is 4. The Morgan fingerprint density at radius 2 is 1.80 bits per heavy atom. The van der Waals surface area contributed by atoms with Crippen LogP contribution in [-0.4, -0.2) is 60.5 Å². The molecule has 1 amide bonds. The summed E-state index contributed by atoms with van der Waals surface area (Å²) < 4.78 is 7.38. The number of piperidine rings is 1. The zero-order chi connectivity index (χ0) is 25.2. The quantitative estimate of drug-likeness (QED) is 0.543. The van der Waals surface area contributed by atoms with Crippen molar-refractivity contribution in [1.29, 1.82) is 0 Å². The van der Waals surface area contributed by atoms with Crippen molar-refractivity contribution in [3.63, 3.8) is 0 Å². The minimum atomic E-state index is -0.967. The summed E-state index contributed by atoms with van der Waals surface area (Å²) in [5.41, 5.74) is 2.90. The Balaban J connectivity index is 1.40. The summed E-state index contributed by atoms with van der Waals surface area (Å²) in [4.78, 5) is 34.2. The summed E-state index contributed by atoms with van der Waals surface area (Å²) in [5.74, 6) is -0.543. The summed E-state index contributed by atoms with van der Waals surface area (Å²) in [6, 6.07) is 6.79. The minimum Gasteiger partial charge on any atom is -0.478 e. The number of amides is 1. The fourth-order valence-corrected chi connectivity index (χ4v) is 3.94. The van der Waals surface area contributed by atoms with Gasteiger partial charge in [-0.05, 0) is 58.2 Å². The largest absolute Gasteiger partial charge is 0.478 e. The number of rotatable bonds is 5. The molecule has 184 valence electrons. The third-order valence-electron chi connectivity index (χ3n) is 5.72. The number of anilines is 2. The molecule has 2 N–H and O–H groups in total. The molecule has 0 spiro atoms. The molecule has 0 saturated carbocycles. The molecule has 0 unspecified atom stereocenters. The zero-order valence-corrected chi connectivity index (χ0v) is 20.4. The molecule has 2 aromatic heterocycles. The van der Waals surface area contributed by atoms with Crippen LogP contribution in [0.3, 0.4) is 0 Å². The van der Waals surface area contributed by atoms with Crippen molar-refractivity contribution < 1.29 is 19.4 Å². The van der Waals surface area contributed by atoms with E-state index in [-0.39, 0.29) is 17.7 Å². The standard InChI is InChI=1S/C25H30N6O4/c1-16-13-26-23(29-21(16)17-5-7-18(8-6-17)22(32)33)28-19-14-27-31(15-19)20-9-11-30(12-10-20)24(34)35-25(2,3)4/h5-8,13-15,20H,9-12H2,1-4H3,(H,32,33)(H,26,28,29). The second-order valence-electron chi connectivity index (χ2n) is 9.64. The highest BCUT2D eigenvalue weighted by Gasteiger charge is 2.28. The van der Waals surface area contributed by atoms with E-state index in [0.717, 1.165) is 35.3 Å². The summed E-state index contributed by atoms with van der Waals surface area (Å²) in [6.07, 6.45) is 6.68. The number of hydrogen-bond donors (Lipinski definition) is 2. The van der Waals surface area contributed by atoms with Crippen LogP contribution < -0.4 is 5.32 Å². The van der Waals surface area contributed by atoms with Crippen LogP contribution in [-0.2, 0) is 4.74 Å². The highest BCUT2D eigenvalue weighted by atomic mass is 16.6. The van der Waals surface area contributed by atoms with E-state index in [0.29, 0.717) is 19.0 Å². The summed E-state index contributed by atoms with van der Waals surface area (Å²) in [6.45, 7) is 8.75. The maximum atomic E-state index is 12.3. The third-order valence-corrected chi connectivity index (χ3v) is 5.72. The van der Waals surface area contributed by atoms with Crippen molar-refractivity contribution in [2.45, 2.75) is 52.2 Å². The van der Waals surface area contributed by atoms with Gasteiger partial charge in [-0.3, -0.25) is 4.68 Å². The van der Waals surface area contributed by atoms with Gasteiger partial charge in [0.2, 0.25) is 5.95 Å². The molecule has 3 aromatic rings. The van der Waals surface area contributed by atoms with E-state index in [2.05, 4.69) is 20.4 Å². The van der Waals surface area contributed by atoms with Gasteiger partial charge in [-0.25, -0.2) is 19.6 Å². The smallest absolute Gasteiger partial charge is 0.410 e. The number of hydrogen-bond acceptors (Lipinski definition) is 7. The monoisotopic (exact) mass is 478 g/mol. The molecule has 3 heterocycles. The summed E-state index contributed by atoms with van der Waals surface area (Å²) in [5, 5.41) is 16.8. The maximum Gasteiger partial charge on any atom is 0.410 e. The fourth-order valence-electron chi connectivity index (χ4n) is 3.94. The highest BCUT2D eigenvalue weighted by Crippen LogP contribution is 2.26. The first-order valence-electron chi connectivity index (χ1n) is 11.6. The minimum absolute atomic E-state index is 0.187. The van der Waals surface area contributed by atoms with Crippen molar-refractivity contribution >= 4 is 23.7 Å². The first-order chi connectivity index (χ1) is 16.6. The molecule has 0 radical (unpaired) electrons. The molecule has 1 aromatic carbocycles. The topological polar surface area (TPSA) is 122 Å². The van der Waals surface area contributed by atoms with Crippen LogP contribution in [0, 0.1) is 6.92 Å². The number of aromatic carboxylic acids is 1. The van der Waals surface area contributed by atoms with Gasteiger partial charge in [0.15, 0.2) is 0 Å². The number of nitrogens with one attached hydrogen (secondary N) is 1. The van der Waals surface area contributed by atoms with Crippen LogP contribution in [0.1, 0.15) is 55.6 Å². The Morgan fingerprint density at radius 3 is 2.43 bits per heavy atom. The fraction of sp³-hybridized carbons (Fsp3) is 0.400. The van der Waals surface area contributed by atoms with Crippen molar-refractivity contribution in [2.24, 2.45) is 0 Å². The van der Waals surface area contributed by atoms with Crippen molar-refractivity contribution in [2.75, 3.05) is 18.4 Å². The van der Waals surface area contributed by atoms with Crippen LogP contribution in [0.15, 0.2) is 42.9 Å². The van der Waals surface area contributed by atoms with Crippen LogP contribution in [0.4, 0.5) is 16.4 Å². The lowest BCUT2D eigenvalue weighted by Gasteiger charge is -2.33. The van der Waals surface area contributed by atoms with E-state index in [4.69, 9.17) is 9.84 Å². The molecule has 1 aliphatic heterocycles. The van der Waals surface area contributed by atoms with Crippen LogP contribution in [0.25, 0.3) is 11.3 Å². The number of carbonyl (C=O) groups is 2. The van der Waals surface area contributed by atoms with E-state index in [1.165, 1.54) is 0 Å². The zero-order valence-electron chi connectivity index (χ0n) is 20.4. The van der Waals surface area contributed by atoms with Crippen molar-refractivity contribution in [1.82, 2.24) is 24.6 Å². The molecule has 1 saturated heterocycles. The third kappa shape index (κ3) is 5.95. The average molecular weight is 479 g/mol. The second kappa shape index (κ2) is 9.73. The number of benzene rings is 1. The predicted octanol–water partition coefficient (Wildman–Crippen LogP) is 4.66. The van der Waals surface area contributed by atoms with E-state index >= 15 is 0 Å². The Bertz CT molecular complexity index is 1210. The van der Waals surface area contributed by atoms with Gasteiger partial charge in [0.05, 0.1) is 29.2 Å². The van der Waals surface area contributed by atoms with Crippen LogP contribution >= 0.6 is 0 Å². The average Bonchev–Trinajstić information content (AvgIpc) is 3.28. The van der Waals surface area contributed by atoms with Gasteiger partial charge in [-0.1, -0.05) is 12.1 Å². The highest BCUT2D eigenvalue weighted by molar-refractivity contribution is 5.88. The van der Waals surface area contributed by atoms with Gasteiger partial charge in [-0.2, -0.15) is 5.10 Å². The lowest BCUT2D eigenvalue weighted by Crippen LogP contribution is -2.42. The molecule has 1 aliphatic rings. The number of aryl methyl sites for hydroxylation is 1. The lowest BCUT2D eigenvalue weighted by molar-refractivity contribution is 0.0184. The number of nitrogens with zero attached hydrogens (tertiary/aromatic N) is 5. The SMILES string of the molecule is Cc1cnc(Nc2cnn(C3CCN(C(=O)OC(C)(C)C)CC3)c2)nc1-c1ccc(C(=O)O)cc1. The van der Waals surface area contributed by atoms with Crippen molar-refractivity contribution in [3.8, 4) is 11.3 Å². The molecule has 4 rings (SSSR count). The van der Waals surface area contributed by atoms with E-state index in [1.54, 1.807) is 41.6 Å². The van der Waals surface area contributed by atoms with E-state index in [9.17, 15) is 9.59 Å². The Hall–Kier alpha value is -3.95. The number of ether oxygens (including phenoxy) is 1. The van der Waals surface area contributed by atoms with Gasteiger partial charge < -0.3 is 20.1 Å². The molecule has 0 aliphatic carbocycles. The molecule has 10 heteroatoms. The molecule has 1 fully saturated rings. The van der Waals surface area contributed by atoms with Crippen molar-refractivity contribution in [3.05, 3.63) is 54.0 Å². The van der Waals surface area contributed by atoms with Gasteiger partial charge in [0.25, 0.3) is 0 Å². The molecule has 35 heavy (non-hydrogen) atoms. The van der Waals surface area contributed by atoms with Crippen LogP contribution in [0.5, 0.6) is 0 Å². The number of carboxylic acid groups (broad SMARTS) is 1. The molecular formula is C25H30N6O4. The van der Waals surface area contributed by atoms with Gasteiger partial charge >= 0.3 is 12.1 Å². The van der Waals surface area contributed by atoms with Crippen LogP contribution in [0.2, 0.25) is 0 Å². The molecule has 10 nitrogen and oxygen atoms in total. The van der Waals surface area contributed by atoms with Gasteiger partial charge in [0, 0.05) is 31.0 Å². The maximum absolute atomic E-state index is 12.3. The second-order valence-corrected chi connectivity index (χ2v) is 9.64. The molecular weight excluding hydrogens is 448 g/mol. The lowest BCUT2D eigenvalue weighted by atomic mass is 10.1. The Labute approximate surface area is 204 Å². The number of carboxylic acids is 1. The van der Waals surface area contributed by atoms with Gasteiger partial charge in [0.1, 0.15) is 5.60 Å². The Morgan fingerprint density at radius 1 is 1.11 bits per heavy atom. The summed E-state index contributed by atoms with van der Waals surface area (Å²) >= 11 is 0. The number of carbonyl (C=O) groups excluding carboxylic acids is 1. The van der Waals surface area contributed by atoms with E-state index < -0.39 is 11.6 Å². The summed E-state index contributed by atoms with van der Waals surface area (Å²) in [7, 11) is 0. The Kier molecular flexibility index (Phi) is 6.72. The normalized spacial score (nSPS) is 14.6.